The molecule has 3 unspecified atom stereocenters. The third-order valence-electron chi connectivity index (χ3n) is 4.26. The zero-order valence-electron chi connectivity index (χ0n) is 11.1. The van der Waals surface area contributed by atoms with E-state index in [0.717, 1.165) is 24.2 Å². The number of aryl methyl sites for hydroxylation is 1. The summed E-state index contributed by atoms with van der Waals surface area (Å²) in [7, 11) is 0. The molecule has 3 atom stereocenters. The van der Waals surface area contributed by atoms with Gasteiger partial charge in [-0.05, 0) is 49.9 Å². The molecule has 1 aromatic carbocycles. The number of hydrogen-bond acceptors (Lipinski definition) is 3. The number of rotatable bonds is 4. The van der Waals surface area contributed by atoms with Crippen molar-refractivity contribution in [3.05, 3.63) is 29.3 Å². The van der Waals surface area contributed by atoms with Crippen LogP contribution in [0.4, 0.5) is 5.69 Å². The fourth-order valence-electron chi connectivity index (χ4n) is 3.19. The van der Waals surface area contributed by atoms with Gasteiger partial charge in [0.2, 0.25) is 0 Å². The number of hydrogen-bond donors (Lipinski definition) is 2. The Labute approximate surface area is 112 Å². The quantitative estimate of drug-likeness (QED) is 0.875. The number of carboxylic acid groups (broad SMARTS) is 1. The highest BCUT2D eigenvalue weighted by molar-refractivity contribution is 5.88. The summed E-state index contributed by atoms with van der Waals surface area (Å²) in [6.07, 6.45) is 4.47. The van der Waals surface area contributed by atoms with Crippen LogP contribution < -0.4 is 5.32 Å². The lowest BCUT2D eigenvalue weighted by Gasteiger charge is -2.20. The lowest BCUT2D eigenvalue weighted by atomic mass is 9.89. The molecule has 2 aliphatic rings. The van der Waals surface area contributed by atoms with Gasteiger partial charge in [-0.1, -0.05) is 0 Å². The molecule has 0 aliphatic carbocycles. The first-order valence-electron chi connectivity index (χ1n) is 6.87. The minimum Gasteiger partial charge on any atom is -0.478 e. The van der Waals surface area contributed by atoms with Crippen LogP contribution in [0, 0.1) is 12.8 Å². The molecule has 2 bridgehead atoms. The molecule has 0 aromatic heterocycles. The average molecular weight is 261 g/mol. The number of fused-ring (bicyclic) bond motifs is 2. The summed E-state index contributed by atoms with van der Waals surface area (Å²) in [4.78, 5) is 10.9. The van der Waals surface area contributed by atoms with Crippen molar-refractivity contribution >= 4 is 11.7 Å². The Kier molecular flexibility index (Phi) is 3.19. The highest BCUT2D eigenvalue weighted by Crippen LogP contribution is 2.38. The fourth-order valence-corrected chi connectivity index (χ4v) is 3.19. The topological polar surface area (TPSA) is 58.6 Å². The van der Waals surface area contributed by atoms with Crippen molar-refractivity contribution in [3.63, 3.8) is 0 Å². The molecular weight excluding hydrogens is 242 g/mol. The van der Waals surface area contributed by atoms with Gasteiger partial charge in [0.25, 0.3) is 0 Å². The smallest absolute Gasteiger partial charge is 0.335 e. The van der Waals surface area contributed by atoms with Crippen LogP contribution in [0.15, 0.2) is 18.2 Å². The van der Waals surface area contributed by atoms with Crippen LogP contribution >= 0.6 is 0 Å². The number of nitrogens with one attached hydrogen (secondary N) is 1. The summed E-state index contributed by atoms with van der Waals surface area (Å²) in [6.45, 7) is 2.85. The van der Waals surface area contributed by atoms with Gasteiger partial charge in [0, 0.05) is 18.2 Å². The van der Waals surface area contributed by atoms with E-state index in [-0.39, 0.29) is 0 Å². The molecule has 0 radical (unpaired) electrons. The summed E-state index contributed by atoms with van der Waals surface area (Å²) in [5.41, 5.74) is 2.34. The van der Waals surface area contributed by atoms with E-state index >= 15 is 0 Å². The Bertz CT molecular complexity index is 500. The van der Waals surface area contributed by atoms with E-state index in [4.69, 9.17) is 9.84 Å². The molecule has 0 spiro atoms. The first-order chi connectivity index (χ1) is 9.13. The molecule has 2 aliphatic heterocycles. The maximum atomic E-state index is 10.9. The summed E-state index contributed by atoms with van der Waals surface area (Å²) < 4.78 is 5.84. The first kappa shape index (κ1) is 12.5. The van der Waals surface area contributed by atoms with Crippen LogP contribution in [0.5, 0.6) is 0 Å². The van der Waals surface area contributed by atoms with Gasteiger partial charge >= 0.3 is 5.97 Å². The van der Waals surface area contributed by atoms with Crippen LogP contribution in [0.1, 0.15) is 35.2 Å². The van der Waals surface area contributed by atoms with Crippen molar-refractivity contribution in [1.29, 1.82) is 0 Å². The summed E-state index contributed by atoms with van der Waals surface area (Å²) in [5.74, 6) is -0.284. The number of benzene rings is 1. The number of ether oxygens (including phenoxy) is 1. The predicted octanol–water partition coefficient (Wildman–Crippen LogP) is 2.67. The maximum absolute atomic E-state index is 10.9. The molecule has 19 heavy (non-hydrogen) atoms. The number of anilines is 1. The number of carboxylic acids is 1. The van der Waals surface area contributed by atoms with Crippen LogP contribution in [-0.4, -0.2) is 29.8 Å². The van der Waals surface area contributed by atoms with E-state index in [0.29, 0.717) is 23.7 Å². The molecule has 102 valence electrons. The molecule has 4 heteroatoms. The van der Waals surface area contributed by atoms with Gasteiger partial charge in [-0.2, -0.15) is 0 Å². The van der Waals surface area contributed by atoms with E-state index in [1.54, 1.807) is 12.1 Å². The summed E-state index contributed by atoms with van der Waals surface area (Å²) >= 11 is 0. The third kappa shape index (κ3) is 2.45. The van der Waals surface area contributed by atoms with Gasteiger partial charge in [0.1, 0.15) is 0 Å². The largest absolute Gasteiger partial charge is 0.478 e. The lowest BCUT2D eigenvalue weighted by molar-refractivity contribution is 0.0697. The summed E-state index contributed by atoms with van der Waals surface area (Å²) in [5, 5.41) is 12.4. The van der Waals surface area contributed by atoms with Crippen molar-refractivity contribution in [2.24, 2.45) is 5.92 Å². The molecule has 0 amide bonds. The molecule has 3 rings (SSSR count). The molecule has 2 heterocycles. The maximum Gasteiger partial charge on any atom is 0.335 e. The zero-order valence-corrected chi connectivity index (χ0v) is 11.1. The van der Waals surface area contributed by atoms with Gasteiger partial charge in [0.15, 0.2) is 0 Å². The molecule has 1 aromatic rings. The second-order valence-corrected chi connectivity index (χ2v) is 5.59. The van der Waals surface area contributed by atoms with E-state index in [1.165, 1.54) is 12.8 Å². The minimum atomic E-state index is -0.879. The van der Waals surface area contributed by atoms with Gasteiger partial charge in [-0.15, -0.1) is 0 Å². The van der Waals surface area contributed by atoms with Gasteiger partial charge < -0.3 is 15.2 Å². The molecule has 4 nitrogen and oxygen atoms in total. The Hall–Kier alpha value is -1.55. The Morgan fingerprint density at radius 2 is 2.32 bits per heavy atom. The predicted molar refractivity (Wildman–Crippen MR) is 72.6 cm³/mol. The number of carbonyl (C=O) groups is 1. The average Bonchev–Trinajstić information content (AvgIpc) is 2.99. The Morgan fingerprint density at radius 3 is 2.89 bits per heavy atom. The number of aromatic carboxylic acids is 1. The van der Waals surface area contributed by atoms with Gasteiger partial charge in [0.05, 0.1) is 17.8 Å². The van der Waals surface area contributed by atoms with Crippen LogP contribution in [0.25, 0.3) is 0 Å². The molecule has 2 N–H and O–H groups in total. The highest BCUT2D eigenvalue weighted by Gasteiger charge is 2.40. The van der Waals surface area contributed by atoms with Crippen LogP contribution in [0.3, 0.4) is 0 Å². The van der Waals surface area contributed by atoms with Crippen molar-refractivity contribution < 1.29 is 14.6 Å². The second kappa shape index (κ2) is 4.85. The van der Waals surface area contributed by atoms with Crippen LogP contribution in [0.2, 0.25) is 0 Å². The minimum absolute atomic E-state index is 0.339. The van der Waals surface area contributed by atoms with Crippen molar-refractivity contribution in [2.75, 3.05) is 11.9 Å². The van der Waals surface area contributed by atoms with Crippen molar-refractivity contribution in [1.82, 2.24) is 0 Å². The lowest BCUT2D eigenvalue weighted by Crippen LogP contribution is -2.24. The Balaban J connectivity index is 1.62. The monoisotopic (exact) mass is 261 g/mol. The van der Waals surface area contributed by atoms with Crippen molar-refractivity contribution in [2.45, 2.75) is 38.4 Å². The van der Waals surface area contributed by atoms with E-state index in [9.17, 15) is 4.79 Å². The van der Waals surface area contributed by atoms with Crippen molar-refractivity contribution in [3.8, 4) is 0 Å². The van der Waals surface area contributed by atoms with Crippen LogP contribution in [-0.2, 0) is 4.74 Å². The van der Waals surface area contributed by atoms with E-state index in [2.05, 4.69) is 5.32 Å². The second-order valence-electron chi connectivity index (χ2n) is 5.59. The molecule has 2 saturated heterocycles. The third-order valence-corrected chi connectivity index (χ3v) is 4.26. The van der Waals surface area contributed by atoms with E-state index < -0.39 is 5.97 Å². The molecule has 2 fully saturated rings. The molecular formula is C15H19NO3. The normalized spacial score (nSPS) is 28.6. The molecule has 0 saturated carbocycles. The zero-order chi connectivity index (χ0) is 13.4. The SMILES string of the molecule is Cc1cc(C(=O)O)ccc1NCC1CC2CCC1O2. The van der Waals surface area contributed by atoms with Gasteiger partial charge in [-0.3, -0.25) is 0 Å². The first-order valence-corrected chi connectivity index (χ1v) is 6.87. The highest BCUT2D eigenvalue weighted by atomic mass is 16.5. The summed E-state index contributed by atoms with van der Waals surface area (Å²) in [6, 6.07) is 5.21. The Morgan fingerprint density at radius 1 is 1.47 bits per heavy atom. The van der Waals surface area contributed by atoms with Gasteiger partial charge in [-0.25, -0.2) is 4.79 Å². The fraction of sp³-hybridized carbons (Fsp3) is 0.533. The van der Waals surface area contributed by atoms with E-state index in [1.807, 2.05) is 13.0 Å². The standard InChI is InChI=1S/C15H19NO3/c1-9-6-10(15(17)18)2-4-13(9)16-8-11-7-12-3-5-14(11)19-12/h2,4,6,11-12,14,16H,3,5,7-8H2,1H3,(H,17,18).